The molecule has 1 unspecified atom stereocenters. The summed E-state index contributed by atoms with van der Waals surface area (Å²) in [5.41, 5.74) is 0. The normalized spacial score (nSPS) is 18.4. The molecule has 1 aliphatic rings. The van der Waals surface area contributed by atoms with Gasteiger partial charge in [0.25, 0.3) is 0 Å². The molecular formula is C10H16O6S. The molecule has 0 radical (unpaired) electrons. The zero-order chi connectivity index (χ0) is 12.7. The number of ether oxygens (including phenoxy) is 1. The van der Waals surface area contributed by atoms with Crippen LogP contribution in [-0.4, -0.2) is 26.8 Å². The van der Waals surface area contributed by atoms with Crippen molar-refractivity contribution in [1.29, 1.82) is 0 Å². The van der Waals surface area contributed by atoms with Crippen LogP contribution in [0, 0.1) is 0 Å². The highest BCUT2D eigenvalue weighted by Gasteiger charge is 2.18. The molecule has 1 saturated carbocycles. The minimum absolute atomic E-state index is 0.0424. The van der Waals surface area contributed by atoms with Gasteiger partial charge < -0.3 is 8.92 Å². The van der Waals surface area contributed by atoms with Gasteiger partial charge in [0, 0.05) is 0 Å². The van der Waals surface area contributed by atoms with E-state index in [1.165, 1.54) is 6.42 Å². The van der Waals surface area contributed by atoms with E-state index in [2.05, 4.69) is 4.18 Å². The molecule has 1 rings (SSSR count). The first-order valence-electron chi connectivity index (χ1n) is 5.59. The van der Waals surface area contributed by atoms with Crippen molar-refractivity contribution in [2.24, 2.45) is 0 Å². The standard InChI is InChI=1S/C10H16O6S/c11-9(6-7-10(12)16-17(13)14)15-8-4-2-1-3-5-8/h8H,1-7H2,(H,13,14). The number of carbonyl (C=O) groups is 2. The largest absolute Gasteiger partial charge is 0.462 e. The van der Waals surface area contributed by atoms with Crippen LogP contribution in [0.2, 0.25) is 0 Å². The average Bonchev–Trinajstić information content (AvgIpc) is 2.27. The summed E-state index contributed by atoms with van der Waals surface area (Å²) in [7, 11) is 0. The van der Waals surface area contributed by atoms with Gasteiger partial charge in [-0.2, -0.15) is 4.21 Å². The van der Waals surface area contributed by atoms with E-state index in [1.54, 1.807) is 0 Å². The number of hydrogen-bond donors (Lipinski definition) is 1. The maximum Gasteiger partial charge on any atom is 0.360 e. The van der Waals surface area contributed by atoms with E-state index in [-0.39, 0.29) is 18.9 Å². The van der Waals surface area contributed by atoms with Gasteiger partial charge in [0.1, 0.15) is 6.10 Å². The Balaban J connectivity index is 2.16. The Bertz CT molecular complexity index is 297. The first-order chi connectivity index (χ1) is 8.08. The van der Waals surface area contributed by atoms with Crippen molar-refractivity contribution in [2.75, 3.05) is 0 Å². The van der Waals surface area contributed by atoms with Crippen molar-refractivity contribution in [3.05, 3.63) is 0 Å². The minimum Gasteiger partial charge on any atom is -0.462 e. The van der Waals surface area contributed by atoms with Gasteiger partial charge in [-0.25, -0.2) is 0 Å². The second-order valence-corrected chi connectivity index (χ2v) is 4.52. The van der Waals surface area contributed by atoms with Gasteiger partial charge in [-0.3, -0.25) is 14.1 Å². The Morgan fingerprint density at radius 1 is 1.12 bits per heavy atom. The van der Waals surface area contributed by atoms with Crippen molar-refractivity contribution in [2.45, 2.75) is 51.0 Å². The van der Waals surface area contributed by atoms with Crippen LogP contribution in [0.1, 0.15) is 44.9 Å². The molecule has 0 spiro atoms. The summed E-state index contributed by atoms with van der Waals surface area (Å²) in [5.74, 6) is -1.34. The fraction of sp³-hybridized carbons (Fsp3) is 0.800. The maximum absolute atomic E-state index is 11.3. The SMILES string of the molecule is O=C(CCC(=O)OS(=O)O)OC1CCCCC1. The fourth-order valence-electron chi connectivity index (χ4n) is 1.75. The minimum atomic E-state index is -2.62. The number of hydrogen-bond acceptors (Lipinski definition) is 5. The molecule has 1 N–H and O–H groups in total. The Hall–Kier alpha value is -0.950. The third kappa shape index (κ3) is 6.38. The van der Waals surface area contributed by atoms with Crippen molar-refractivity contribution in [3.8, 4) is 0 Å². The Morgan fingerprint density at radius 3 is 2.29 bits per heavy atom. The van der Waals surface area contributed by atoms with Crippen LogP contribution >= 0.6 is 0 Å². The second-order valence-electron chi connectivity index (χ2n) is 3.92. The van der Waals surface area contributed by atoms with Gasteiger partial charge in [0.05, 0.1) is 12.8 Å². The molecule has 0 heterocycles. The first-order valence-corrected chi connectivity index (χ1v) is 6.62. The van der Waals surface area contributed by atoms with E-state index in [9.17, 15) is 13.8 Å². The molecule has 0 amide bonds. The molecule has 1 atom stereocenters. The van der Waals surface area contributed by atoms with Crippen LogP contribution in [0.25, 0.3) is 0 Å². The highest BCUT2D eigenvalue weighted by Crippen LogP contribution is 2.20. The molecule has 1 aliphatic carbocycles. The third-order valence-electron chi connectivity index (χ3n) is 2.55. The molecule has 17 heavy (non-hydrogen) atoms. The smallest absolute Gasteiger partial charge is 0.360 e. The summed E-state index contributed by atoms with van der Waals surface area (Å²) in [5, 5.41) is 0. The molecule has 0 bridgehead atoms. The monoisotopic (exact) mass is 264 g/mol. The van der Waals surface area contributed by atoms with Gasteiger partial charge in [0.15, 0.2) is 0 Å². The number of rotatable bonds is 5. The Morgan fingerprint density at radius 2 is 1.71 bits per heavy atom. The van der Waals surface area contributed by atoms with Crippen LogP contribution in [0.3, 0.4) is 0 Å². The molecule has 1 fully saturated rings. The molecule has 7 heteroatoms. The summed E-state index contributed by atoms with van der Waals surface area (Å²) in [6.45, 7) is 0. The molecule has 0 aromatic heterocycles. The van der Waals surface area contributed by atoms with Crippen molar-refractivity contribution < 1.29 is 27.3 Å². The number of esters is 1. The molecule has 98 valence electrons. The van der Waals surface area contributed by atoms with Gasteiger partial charge in [0.2, 0.25) is 0 Å². The maximum atomic E-state index is 11.3. The van der Waals surface area contributed by atoms with Crippen LogP contribution in [0.5, 0.6) is 0 Å². The quantitative estimate of drug-likeness (QED) is 0.595. The summed E-state index contributed by atoms with van der Waals surface area (Å²) in [4.78, 5) is 22.2. The summed E-state index contributed by atoms with van der Waals surface area (Å²) in [6, 6.07) is 0. The average molecular weight is 264 g/mol. The molecule has 0 saturated heterocycles. The van der Waals surface area contributed by atoms with Crippen LogP contribution < -0.4 is 0 Å². The summed E-state index contributed by atoms with van der Waals surface area (Å²) < 4.78 is 27.5. The lowest BCUT2D eigenvalue weighted by Gasteiger charge is -2.21. The van der Waals surface area contributed by atoms with Crippen molar-refractivity contribution in [3.63, 3.8) is 0 Å². The molecule has 0 aromatic rings. The van der Waals surface area contributed by atoms with E-state index in [1.807, 2.05) is 0 Å². The summed E-state index contributed by atoms with van der Waals surface area (Å²) in [6.07, 6.45) is 4.63. The van der Waals surface area contributed by atoms with E-state index >= 15 is 0 Å². The van der Waals surface area contributed by atoms with Crippen molar-refractivity contribution >= 4 is 23.3 Å². The topological polar surface area (TPSA) is 89.9 Å². The second kappa shape index (κ2) is 7.39. The van der Waals surface area contributed by atoms with E-state index in [0.29, 0.717) is 0 Å². The predicted molar refractivity (Wildman–Crippen MR) is 59.1 cm³/mol. The summed E-state index contributed by atoms with van der Waals surface area (Å²) >= 11 is -2.62. The lowest BCUT2D eigenvalue weighted by Crippen LogP contribution is -2.21. The van der Waals surface area contributed by atoms with Gasteiger partial charge in [-0.05, 0) is 25.7 Å². The molecular weight excluding hydrogens is 248 g/mol. The zero-order valence-electron chi connectivity index (χ0n) is 9.42. The third-order valence-corrected chi connectivity index (χ3v) is 2.88. The molecule has 0 aromatic carbocycles. The van der Waals surface area contributed by atoms with E-state index < -0.39 is 23.3 Å². The highest BCUT2D eigenvalue weighted by molar-refractivity contribution is 7.74. The molecule has 6 nitrogen and oxygen atoms in total. The fourth-order valence-corrected chi connectivity index (χ4v) is 2.00. The Kier molecular flexibility index (Phi) is 6.13. The van der Waals surface area contributed by atoms with E-state index in [0.717, 1.165) is 25.7 Å². The van der Waals surface area contributed by atoms with Gasteiger partial charge >= 0.3 is 23.3 Å². The highest BCUT2D eigenvalue weighted by atomic mass is 32.2. The van der Waals surface area contributed by atoms with Crippen LogP contribution in [-0.2, 0) is 29.9 Å². The lowest BCUT2D eigenvalue weighted by molar-refractivity contribution is -0.152. The molecule has 0 aliphatic heterocycles. The zero-order valence-corrected chi connectivity index (χ0v) is 10.2. The number of carbonyl (C=O) groups excluding carboxylic acids is 2. The van der Waals surface area contributed by atoms with Crippen LogP contribution in [0.4, 0.5) is 0 Å². The van der Waals surface area contributed by atoms with E-state index in [4.69, 9.17) is 9.29 Å². The predicted octanol–water partition coefficient (Wildman–Crippen LogP) is 1.32. The van der Waals surface area contributed by atoms with Gasteiger partial charge in [-0.15, -0.1) is 0 Å². The Labute approximate surface area is 102 Å². The lowest BCUT2D eigenvalue weighted by atomic mass is 9.98. The van der Waals surface area contributed by atoms with Crippen LogP contribution in [0.15, 0.2) is 0 Å². The van der Waals surface area contributed by atoms with Crippen molar-refractivity contribution in [1.82, 2.24) is 0 Å². The van der Waals surface area contributed by atoms with Gasteiger partial charge in [-0.1, -0.05) is 6.42 Å². The first kappa shape index (κ1) is 14.1.